The molecule has 0 amide bonds. The van der Waals surface area contributed by atoms with E-state index in [-0.39, 0.29) is 25.0 Å². The van der Waals surface area contributed by atoms with Gasteiger partial charge < -0.3 is 4.74 Å². The third-order valence-corrected chi connectivity index (χ3v) is 4.95. The van der Waals surface area contributed by atoms with Crippen LogP contribution in [0, 0.1) is 11.3 Å². The zero-order valence-electron chi connectivity index (χ0n) is 13.0. The number of hydrogen-bond acceptors (Lipinski definition) is 5. The van der Waals surface area contributed by atoms with Gasteiger partial charge in [0.1, 0.15) is 5.78 Å². The fourth-order valence-corrected chi connectivity index (χ4v) is 3.05. The molecular weight excluding hydrogens is 360 g/mol. The van der Waals surface area contributed by atoms with Gasteiger partial charge in [-0.25, -0.2) is 0 Å². The van der Waals surface area contributed by atoms with Gasteiger partial charge in [0.25, 0.3) is 0 Å². The molecule has 24 heavy (non-hydrogen) atoms. The third kappa shape index (κ3) is 4.24. The van der Waals surface area contributed by atoms with Crippen LogP contribution >= 0.6 is 0 Å². The lowest BCUT2D eigenvalue weighted by Gasteiger charge is -2.36. The van der Waals surface area contributed by atoms with Crippen LogP contribution in [0.5, 0.6) is 0 Å². The highest BCUT2D eigenvalue weighted by atomic mass is 32.2. The maximum atomic E-state index is 13.3. The number of ether oxygens (including phenoxy) is 1. The van der Waals surface area contributed by atoms with Crippen LogP contribution in [0.4, 0.5) is 17.6 Å². The smallest absolute Gasteiger partial charge is 0.431 e. The van der Waals surface area contributed by atoms with E-state index in [1.54, 1.807) is 13.8 Å². The fraction of sp³-hybridized carbons (Fsp3) is 0.846. The molecule has 1 fully saturated rings. The fourth-order valence-electron chi connectivity index (χ4n) is 2.57. The summed E-state index contributed by atoms with van der Waals surface area (Å²) in [6.07, 6.45) is -1.40. The number of alkyl halides is 4. The highest BCUT2D eigenvalue weighted by Gasteiger charge is 2.65. The first-order valence-electron chi connectivity index (χ1n) is 7.03. The van der Waals surface area contributed by atoms with Crippen LogP contribution in [0.2, 0.25) is 0 Å². The molecule has 1 aliphatic carbocycles. The summed E-state index contributed by atoms with van der Waals surface area (Å²) in [6, 6.07) is 0. The van der Waals surface area contributed by atoms with E-state index in [1.807, 2.05) is 0 Å². The molecule has 0 aromatic heterocycles. The van der Waals surface area contributed by atoms with Crippen LogP contribution in [0.15, 0.2) is 0 Å². The molecule has 0 aromatic rings. The second-order valence-electron chi connectivity index (χ2n) is 6.41. The van der Waals surface area contributed by atoms with Crippen molar-refractivity contribution in [3.05, 3.63) is 0 Å². The standard InChI is InChI=1S/C13H18F4O6S/c1-11(2)7-8(18)3-4-9(11)10(19)23-6-5-12(14,15)13(16,17)24(20,21)22/h9H,3-7H2,1-2H3,(H,20,21,22). The van der Waals surface area contributed by atoms with Crippen molar-refractivity contribution in [3.8, 4) is 0 Å². The second kappa shape index (κ2) is 6.58. The van der Waals surface area contributed by atoms with Gasteiger partial charge in [0.05, 0.1) is 18.9 Å². The Morgan fingerprint density at radius 2 is 1.88 bits per heavy atom. The van der Waals surface area contributed by atoms with Crippen LogP contribution < -0.4 is 0 Å². The average Bonchev–Trinajstić information content (AvgIpc) is 2.35. The minimum absolute atomic E-state index is 0.0524. The van der Waals surface area contributed by atoms with Gasteiger partial charge in [-0.2, -0.15) is 26.0 Å². The predicted octanol–water partition coefficient (Wildman–Crippen LogP) is 2.43. The van der Waals surface area contributed by atoms with Gasteiger partial charge in [-0.05, 0) is 11.8 Å². The molecule has 1 aliphatic rings. The van der Waals surface area contributed by atoms with Crippen molar-refractivity contribution in [2.75, 3.05) is 6.61 Å². The molecule has 11 heteroatoms. The molecule has 1 rings (SSSR count). The summed E-state index contributed by atoms with van der Waals surface area (Å²) in [5.41, 5.74) is -0.757. The summed E-state index contributed by atoms with van der Waals surface area (Å²) in [5, 5.41) is -5.69. The molecule has 0 radical (unpaired) electrons. The number of rotatable bonds is 6. The topological polar surface area (TPSA) is 97.7 Å². The van der Waals surface area contributed by atoms with Crippen molar-refractivity contribution >= 4 is 21.9 Å². The van der Waals surface area contributed by atoms with Crippen molar-refractivity contribution in [3.63, 3.8) is 0 Å². The first-order chi connectivity index (χ1) is 10.6. The van der Waals surface area contributed by atoms with Gasteiger partial charge in [-0.15, -0.1) is 0 Å². The number of carbonyl (C=O) groups is 2. The number of carbonyl (C=O) groups excluding carboxylic acids is 2. The van der Waals surface area contributed by atoms with Gasteiger partial charge in [0, 0.05) is 12.8 Å². The molecular formula is C13H18F4O6S. The Morgan fingerprint density at radius 3 is 2.33 bits per heavy atom. The number of esters is 1. The molecule has 1 saturated carbocycles. The quantitative estimate of drug-likeness (QED) is 0.433. The summed E-state index contributed by atoms with van der Waals surface area (Å²) in [6.45, 7) is 2.09. The van der Waals surface area contributed by atoms with E-state index in [4.69, 9.17) is 4.55 Å². The van der Waals surface area contributed by atoms with Gasteiger partial charge in [-0.3, -0.25) is 14.1 Å². The zero-order valence-corrected chi connectivity index (χ0v) is 13.8. The second-order valence-corrected chi connectivity index (χ2v) is 7.87. The molecule has 0 aliphatic heterocycles. The maximum absolute atomic E-state index is 13.3. The minimum atomic E-state index is -6.32. The van der Waals surface area contributed by atoms with Crippen molar-refractivity contribution in [1.82, 2.24) is 0 Å². The largest absolute Gasteiger partial charge is 0.465 e. The molecule has 0 bridgehead atoms. The summed E-state index contributed by atoms with van der Waals surface area (Å²) in [4.78, 5) is 23.3. The number of halogens is 4. The number of Topliss-reactive ketones (excluding diaryl/α,β-unsaturated/α-hetero) is 1. The Balaban J connectivity index is 2.67. The van der Waals surface area contributed by atoms with Crippen LogP contribution in [0.3, 0.4) is 0 Å². The molecule has 0 spiro atoms. The minimum Gasteiger partial charge on any atom is -0.465 e. The lowest BCUT2D eigenvalue weighted by atomic mass is 9.68. The highest BCUT2D eigenvalue weighted by Crippen LogP contribution is 2.42. The molecule has 140 valence electrons. The van der Waals surface area contributed by atoms with E-state index in [2.05, 4.69) is 4.74 Å². The van der Waals surface area contributed by atoms with Gasteiger partial charge in [0.15, 0.2) is 0 Å². The van der Waals surface area contributed by atoms with Crippen molar-refractivity contribution < 1.29 is 44.9 Å². The average molecular weight is 378 g/mol. The third-order valence-electron chi connectivity index (χ3n) is 4.00. The molecule has 0 heterocycles. The molecule has 1 N–H and O–H groups in total. The Labute approximate surface area is 136 Å². The SMILES string of the molecule is CC1(C)CC(=O)CCC1C(=O)OCCC(F)(F)C(F)(F)S(=O)(=O)O. The van der Waals surface area contributed by atoms with Crippen LogP contribution in [-0.2, 0) is 24.4 Å². The molecule has 1 unspecified atom stereocenters. The summed E-state index contributed by atoms with van der Waals surface area (Å²) in [7, 11) is -6.32. The normalized spacial score (nSPS) is 22.3. The van der Waals surface area contributed by atoms with Crippen LogP contribution in [-0.4, -0.2) is 42.5 Å². The first kappa shape index (κ1) is 20.8. The highest BCUT2D eigenvalue weighted by molar-refractivity contribution is 7.87. The van der Waals surface area contributed by atoms with E-state index in [9.17, 15) is 35.6 Å². The van der Waals surface area contributed by atoms with E-state index in [0.717, 1.165) is 0 Å². The van der Waals surface area contributed by atoms with Crippen LogP contribution in [0.1, 0.15) is 39.5 Å². The van der Waals surface area contributed by atoms with Crippen molar-refractivity contribution in [1.29, 1.82) is 0 Å². The van der Waals surface area contributed by atoms with E-state index in [1.165, 1.54) is 0 Å². The van der Waals surface area contributed by atoms with E-state index >= 15 is 0 Å². The molecule has 6 nitrogen and oxygen atoms in total. The zero-order chi connectivity index (χ0) is 19.0. The van der Waals surface area contributed by atoms with Crippen molar-refractivity contribution in [2.45, 2.75) is 50.7 Å². The molecule has 0 saturated heterocycles. The van der Waals surface area contributed by atoms with E-state index in [0.29, 0.717) is 0 Å². The summed E-state index contributed by atoms with van der Waals surface area (Å²) >= 11 is 0. The van der Waals surface area contributed by atoms with Gasteiger partial charge in [0.2, 0.25) is 0 Å². The monoisotopic (exact) mass is 378 g/mol. The maximum Gasteiger partial charge on any atom is 0.431 e. The number of hydrogen-bond donors (Lipinski definition) is 1. The Morgan fingerprint density at radius 1 is 1.33 bits per heavy atom. The van der Waals surface area contributed by atoms with Gasteiger partial charge in [-0.1, -0.05) is 13.8 Å². The Bertz CT molecular complexity index is 614. The Kier molecular flexibility index (Phi) is 5.71. The lowest BCUT2D eigenvalue weighted by molar-refractivity contribution is -0.177. The predicted molar refractivity (Wildman–Crippen MR) is 73.1 cm³/mol. The molecule has 0 aromatic carbocycles. The Hall–Kier alpha value is -1.23. The first-order valence-corrected chi connectivity index (χ1v) is 8.47. The summed E-state index contributed by atoms with van der Waals surface area (Å²) < 4.78 is 85.9. The van der Waals surface area contributed by atoms with Gasteiger partial charge >= 0.3 is 27.3 Å². The van der Waals surface area contributed by atoms with Crippen LogP contribution in [0.25, 0.3) is 0 Å². The summed E-state index contributed by atoms with van der Waals surface area (Å²) in [5.74, 6) is -6.84. The van der Waals surface area contributed by atoms with Crippen molar-refractivity contribution in [2.24, 2.45) is 11.3 Å². The number of ketones is 1. The molecule has 1 atom stereocenters. The van der Waals surface area contributed by atoms with E-state index < -0.39 is 51.6 Å². The lowest BCUT2D eigenvalue weighted by Crippen LogP contribution is -2.47.